The van der Waals surface area contributed by atoms with Gasteiger partial charge in [-0.3, -0.25) is 9.36 Å². The molecule has 0 spiro atoms. The Morgan fingerprint density at radius 1 is 0.972 bits per heavy atom. The molecule has 7 nitrogen and oxygen atoms in total. The van der Waals surface area contributed by atoms with Crippen LogP contribution in [0.25, 0.3) is 16.7 Å². The van der Waals surface area contributed by atoms with Crippen molar-refractivity contribution in [3.05, 3.63) is 52.4 Å². The van der Waals surface area contributed by atoms with Gasteiger partial charge in [0.05, 0.1) is 16.6 Å². The molecular formula is C27H36N4O3SSi. The van der Waals surface area contributed by atoms with Crippen molar-refractivity contribution in [2.75, 3.05) is 25.3 Å². The van der Waals surface area contributed by atoms with Gasteiger partial charge in [-0.25, -0.2) is 13.4 Å². The summed E-state index contributed by atoms with van der Waals surface area (Å²) in [7, 11) is -2.18. The van der Waals surface area contributed by atoms with E-state index in [-0.39, 0.29) is 16.4 Å². The van der Waals surface area contributed by atoms with Crippen molar-refractivity contribution in [3.8, 4) is 17.2 Å². The largest absolute Gasteiger partial charge is 0.372 e. The Hall–Kier alpha value is -2.96. The topological polar surface area (TPSA) is 85.2 Å². The van der Waals surface area contributed by atoms with Crippen molar-refractivity contribution >= 4 is 34.6 Å². The third kappa shape index (κ3) is 4.84. The molecule has 0 radical (unpaired) electrons. The Labute approximate surface area is 215 Å². The minimum Gasteiger partial charge on any atom is -0.372 e. The molecule has 0 amide bonds. The summed E-state index contributed by atoms with van der Waals surface area (Å²) in [4.78, 5) is 24.3. The maximum Gasteiger partial charge on any atom is 0.281 e. The molecule has 0 aliphatic carbocycles. The van der Waals surface area contributed by atoms with Crippen molar-refractivity contribution in [3.63, 3.8) is 0 Å². The highest BCUT2D eigenvalue weighted by atomic mass is 32.2. The van der Waals surface area contributed by atoms with Crippen molar-refractivity contribution in [1.82, 2.24) is 14.5 Å². The zero-order chi connectivity index (χ0) is 27.0. The second kappa shape index (κ2) is 10.2. The zero-order valence-corrected chi connectivity index (χ0v) is 24.4. The van der Waals surface area contributed by atoms with Gasteiger partial charge in [-0.1, -0.05) is 65.7 Å². The summed E-state index contributed by atoms with van der Waals surface area (Å²) in [5, 5.41) is 0.215. The molecule has 0 bridgehead atoms. The highest BCUT2D eigenvalue weighted by Gasteiger charge is 2.41. The summed E-state index contributed by atoms with van der Waals surface area (Å²) in [6.45, 7) is 13.4. The van der Waals surface area contributed by atoms with Crippen LogP contribution < -0.4 is 10.5 Å². The van der Waals surface area contributed by atoms with E-state index in [1.165, 1.54) is 10.8 Å². The minimum absolute atomic E-state index is 0.224. The van der Waals surface area contributed by atoms with Crippen LogP contribution in [-0.4, -0.2) is 51.4 Å². The number of fused-ring (bicyclic) bond motifs is 1. The van der Waals surface area contributed by atoms with Gasteiger partial charge in [0.1, 0.15) is 13.8 Å². The number of anilines is 1. The quantitative estimate of drug-likeness (QED) is 0.261. The molecule has 0 N–H and O–H groups in total. The first kappa shape index (κ1) is 27.6. The number of aromatic nitrogens is 3. The molecule has 0 fully saturated rings. The maximum absolute atomic E-state index is 14.0. The molecule has 36 heavy (non-hydrogen) atoms. The normalized spacial score (nSPS) is 12.3. The molecule has 0 aliphatic heterocycles. The summed E-state index contributed by atoms with van der Waals surface area (Å²) in [6, 6.07) is 9.09. The Balaban J connectivity index is 2.56. The molecule has 192 valence electrons. The van der Waals surface area contributed by atoms with Gasteiger partial charge in [0.25, 0.3) is 5.56 Å². The number of sulfone groups is 1. The van der Waals surface area contributed by atoms with E-state index in [1.54, 1.807) is 17.0 Å². The van der Waals surface area contributed by atoms with E-state index < -0.39 is 17.9 Å². The van der Waals surface area contributed by atoms with E-state index in [1.807, 2.05) is 32.3 Å². The fourth-order valence-corrected chi connectivity index (χ4v) is 11.0. The highest BCUT2D eigenvalue weighted by molar-refractivity contribution is 7.90. The van der Waals surface area contributed by atoms with E-state index in [0.29, 0.717) is 38.9 Å². The van der Waals surface area contributed by atoms with Crippen molar-refractivity contribution in [2.45, 2.75) is 63.3 Å². The summed E-state index contributed by atoms with van der Waals surface area (Å²) in [5.74, 6) is 3.43. The monoisotopic (exact) mass is 524 g/mol. The molecule has 3 aromatic rings. The molecule has 9 heteroatoms. The standard InChI is InChI=1S/C27H36N4O3SSi/c1-18(2)36(19(3)4,20(5)6)16-15-22-23-17-28-27(35(9,33)34)29-25(23)31(21-13-11-10-12-14-21)26(32)24(22)30(7)8/h10-14,17-20H,1-9H3. The van der Waals surface area contributed by atoms with E-state index >= 15 is 0 Å². The van der Waals surface area contributed by atoms with Gasteiger partial charge in [0.15, 0.2) is 5.65 Å². The Morgan fingerprint density at radius 3 is 2.00 bits per heavy atom. The molecule has 2 heterocycles. The van der Waals surface area contributed by atoms with Gasteiger partial charge >= 0.3 is 0 Å². The number of para-hydroxylation sites is 1. The first-order chi connectivity index (χ1) is 16.7. The lowest BCUT2D eigenvalue weighted by molar-refractivity contribution is 0.593. The summed E-state index contributed by atoms with van der Waals surface area (Å²) in [6.07, 6.45) is 2.54. The molecule has 0 saturated heterocycles. The predicted molar refractivity (Wildman–Crippen MR) is 150 cm³/mol. The number of hydrogen-bond acceptors (Lipinski definition) is 6. The predicted octanol–water partition coefficient (Wildman–Crippen LogP) is 4.82. The average Bonchev–Trinajstić information content (AvgIpc) is 2.78. The lowest BCUT2D eigenvalue weighted by atomic mass is 10.1. The molecule has 0 unspecified atom stereocenters. The Kier molecular flexibility index (Phi) is 7.82. The van der Waals surface area contributed by atoms with E-state index in [4.69, 9.17) is 0 Å². The van der Waals surface area contributed by atoms with E-state index in [2.05, 4.69) is 63.0 Å². The zero-order valence-electron chi connectivity index (χ0n) is 22.6. The second-order valence-electron chi connectivity index (χ2n) is 10.4. The number of pyridine rings is 1. The van der Waals surface area contributed by atoms with Gasteiger partial charge in [-0.2, -0.15) is 4.98 Å². The SMILES string of the molecule is CC(C)[Si](C#Cc1c(N(C)C)c(=O)n(-c2ccccc2)c2nc(S(C)(=O)=O)ncc12)(C(C)C)C(C)C. The summed E-state index contributed by atoms with van der Waals surface area (Å²) in [5.41, 5.74) is 6.40. The summed E-state index contributed by atoms with van der Waals surface area (Å²) >= 11 is 0. The lowest BCUT2D eigenvalue weighted by Gasteiger charge is -2.38. The number of rotatable bonds is 6. The number of hydrogen-bond donors (Lipinski definition) is 0. The third-order valence-electron chi connectivity index (χ3n) is 6.93. The van der Waals surface area contributed by atoms with Crippen LogP contribution in [0.5, 0.6) is 0 Å². The Morgan fingerprint density at radius 2 is 1.53 bits per heavy atom. The molecule has 2 aromatic heterocycles. The van der Waals surface area contributed by atoms with Gasteiger partial charge in [0.2, 0.25) is 15.0 Å². The van der Waals surface area contributed by atoms with Crippen LogP contribution in [-0.2, 0) is 9.84 Å². The molecule has 0 aliphatic rings. The van der Waals surface area contributed by atoms with Gasteiger partial charge in [0, 0.05) is 26.5 Å². The van der Waals surface area contributed by atoms with Crippen molar-refractivity contribution in [1.29, 1.82) is 0 Å². The van der Waals surface area contributed by atoms with E-state index in [0.717, 1.165) is 6.26 Å². The number of nitrogens with zero attached hydrogens (tertiary/aromatic N) is 4. The van der Waals surface area contributed by atoms with Crippen LogP contribution in [0, 0.1) is 11.5 Å². The van der Waals surface area contributed by atoms with Crippen LogP contribution in [0.15, 0.2) is 46.5 Å². The molecular weight excluding hydrogens is 488 g/mol. The fraction of sp³-hybridized carbons (Fsp3) is 0.444. The van der Waals surface area contributed by atoms with Crippen molar-refractivity contribution < 1.29 is 8.42 Å². The number of benzene rings is 1. The Bertz CT molecular complexity index is 1480. The van der Waals surface area contributed by atoms with Crippen LogP contribution in [0.4, 0.5) is 5.69 Å². The maximum atomic E-state index is 14.0. The third-order valence-corrected chi connectivity index (χ3v) is 14.1. The molecule has 3 rings (SSSR count). The average molecular weight is 525 g/mol. The van der Waals surface area contributed by atoms with Gasteiger partial charge in [-0.05, 0) is 28.8 Å². The van der Waals surface area contributed by atoms with Crippen LogP contribution >= 0.6 is 0 Å². The lowest BCUT2D eigenvalue weighted by Crippen LogP contribution is -2.43. The van der Waals surface area contributed by atoms with Crippen LogP contribution in [0.1, 0.15) is 47.1 Å². The van der Waals surface area contributed by atoms with Gasteiger partial charge in [-0.15, -0.1) is 5.54 Å². The fourth-order valence-electron chi connectivity index (χ4n) is 5.28. The smallest absolute Gasteiger partial charge is 0.281 e. The molecule has 0 atom stereocenters. The second-order valence-corrected chi connectivity index (χ2v) is 17.9. The van der Waals surface area contributed by atoms with Crippen molar-refractivity contribution in [2.24, 2.45) is 0 Å². The highest BCUT2D eigenvalue weighted by Crippen LogP contribution is 2.41. The molecule has 0 saturated carbocycles. The molecule has 1 aromatic carbocycles. The van der Waals surface area contributed by atoms with Crippen LogP contribution in [0.3, 0.4) is 0 Å². The van der Waals surface area contributed by atoms with E-state index in [9.17, 15) is 13.2 Å². The first-order valence-corrected chi connectivity index (χ1v) is 16.3. The summed E-state index contributed by atoms with van der Waals surface area (Å²) < 4.78 is 26.1. The van der Waals surface area contributed by atoms with Gasteiger partial charge < -0.3 is 4.90 Å². The van der Waals surface area contributed by atoms with Crippen LogP contribution in [0.2, 0.25) is 16.6 Å². The minimum atomic E-state index is -3.69. The first-order valence-electron chi connectivity index (χ1n) is 12.1.